The third kappa shape index (κ3) is 24.7. The first kappa shape index (κ1) is 25.5. The molecule has 23 heavy (non-hydrogen) atoms. The summed E-state index contributed by atoms with van der Waals surface area (Å²) in [4.78, 5) is 2.16. The predicted molar refractivity (Wildman–Crippen MR) is 99.1 cm³/mol. The second-order valence-corrected chi connectivity index (χ2v) is 8.09. The van der Waals surface area contributed by atoms with Crippen molar-refractivity contribution in [3.8, 4) is 0 Å². The minimum Gasteiger partial charge on any atom is -0.392 e. The van der Waals surface area contributed by atoms with E-state index < -0.39 is 0 Å². The van der Waals surface area contributed by atoms with Gasteiger partial charge in [0.15, 0.2) is 8.15 Å². The number of nitrogens with zero attached hydrogens (tertiary/aromatic N) is 1. The van der Waals surface area contributed by atoms with Gasteiger partial charge in [0, 0.05) is 45.8 Å². The Morgan fingerprint density at radius 3 is 1.61 bits per heavy atom. The van der Waals surface area contributed by atoms with E-state index in [1.165, 1.54) is 0 Å². The molecular weight excluding hydrogens is 336 g/mol. The summed E-state index contributed by atoms with van der Waals surface area (Å²) in [7, 11) is 0.833. The van der Waals surface area contributed by atoms with E-state index in [2.05, 4.69) is 15.5 Å². The summed E-state index contributed by atoms with van der Waals surface area (Å²) < 4.78 is 9.28. The minimum atomic E-state index is -0.353. The normalized spacial score (nSPS) is 15.7. The maximum atomic E-state index is 9.45. The fraction of sp³-hybridized carbons (Fsp3) is 1.00. The van der Waals surface area contributed by atoms with E-state index in [0.717, 1.165) is 26.2 Å². The van der Waals surface area contributed by atoms with Gasteiger partial charge >= 0.3 is 0 Å². The van der Waals surface area contributed by atoms with Crippen LogP contribution in [0.25, 0.3) is 0 Å². The Morgan fingerprint density at radius 2 is 1.35 bits per heavy atom. The molecule has 0 rings (SSSR count). The van der Waals surface area contributed by atoms with Gasteiger partial charge in [-0.25, -0.2) is 0 Å². The fourth-order valence-corrected chi connectivity index (χ4v) is 1.76. The van der Waals surface area contributed by atoms with Crippen molar-refractivity contribution in [2.75, 3.05) is 52.5 Å². The number of aliphatic hydroxyl groups excluding tert-OH is 3. The van der Waals surface area contributed by atoms with Crippen molar-refractivity contribution in [3.63, 3.8) is 0 Å². The summed E-state index contributed by atoms with van der Waals surface area (Å²) in [5.74, 6) is 0. The first-order chi connectivity index (χ1) is 10.8. The minimum absolute atomic E-state index is 0.276. The highest BCUT2D eigenvalue weighted by molar-refractivity contribution is 8.05. The van der Waals surface area contributed by atoms with Crippen LogP contribution in [0.15, 0.2) is 0 Å². The van der Waals surface area contributed by atoms with Gasteiger partial charge in [-0.3, -0.25) is 9.46 Å². The Hall–Kier alpha value is 0.290. The van der Waals surface area contributed by atoms with Gasteiger partial charge in [0.25, 0.3) is 0 Å². The fourth-order valence-electron chi connectivity index (χ4n) is 1.76. The Morgan fingerprint density at radius 1 is 0.957 bits per heavy atom. The monoisotopic (exact) mass is 371 g/mol. The van der Waals surface area contributed by atoms with Crippen molar-refractivity contribution >= 4 is 16.4 Å². The molecule has 9 heteroatoms. The maximum Gasteiger partial charge on any atom is 0.177 e. The van der Waals surface area contributed by atoms with E-state index in [1.807, 2.05) is 6.66 Å². The first-order valence-electron chi connectivity index (χ1n) is 8.00. The number of nitrogens with one attached hydrogen (secondary N) is 2. The zero-order chi connectivity index (χ0) is 18.1. The number of aliphatic hydroxyl groups is 3. The van der Waals surface area contributed by atoms with Gasteiger partial charge in [-0.05, 0) is 35.7 Å². The summed E-state index contributed by atoms with van der Waals surface area (Å²) in [5, 5.41) is 34.1. The molecule has 0 aliphatic heterocycles. The van der Waals surface area contributed by atoms with Crippen molar-refractivity contribution in [2.24, 2.45) is 0 Å². The van der Waals surface area contributed by atoms with Crippen molar-refractivity contribution < 1.29 is 19.9 Å². The van der Waals surface area contributed by atoms with Gasteiger partial charge in [0.2, 0.25) is 0 Å². The maximum absolute atomic E-state index is 9.45. The molecule has 0 amide bonds. The van der Waals surface area contributed by atoms with Gasteiger partial charge in [0.05, 0.1) is 18.3 Å². The van der Waals surface area contributed by atoms with Crippen LogP contribution in [-0.2, 0) is 4.57 Å². The molecule has 0 aliphatic rings. The summed E-state index contributed by atoms with van der Waals surface area (Å²) in [6.07, 6.45) is -1.02. The van der Waals surface area contributed by atoms with Crippen molar-refractivity contribution in [1.29, 1.82) is 0 Å². The largest absolute Gasteiger partial charge is 0.392 e. The summed E-state index contributed by atoms with van der Waals surface area (Å²) in [6.45, 7) is 12.2. The first-order valence-corrected chi connectivity index (χ1v) is 11.2. The van der Waals surface area contributed by atoms with Crippen LogP contribution in [0, 0.1) is 0 Å². The van der Waals surface area contributed by atoms with Crippen molar-refractivity contribution in [2.45, 2.75) is 39.1 Å². The standard InChI is InChI=1S/C13H31N3O3.CH4OP2/c1-11(17)8-14-4-6-16(10-13(3)19)7-5-15-9-12(2)18;1-3-4-2/h11-15,17-19H,4-10H2,1-3H3;3H,1H3. The van der Waals surface area contributed by atoms with E-state index >= 15 is 0 Å². The van der Waals surface area contributed by atoms with E-state index in [9.17, 15) is 9.67 Å². The van der Waals surface area contributed by atoms with Crippen LogP contribution in [0.5, 0.6) is 0 Å². The highest BCUT2D eigenvalue weighted by atomic mass is 32.0. The molecule has 0 aromatic carbocycles. The third-order valence-electron chi connectivity index (χ3n) is 2.70. The molecule has 0 aromatic heterocycles. The molecule has 7 nitrogen and oxygen atoms in total. The third-order valence-corrected chi connectivity index (χ3v) is 3.43. The van der Waals surface area contributed by atoms with Gasteiger partial charge < -0.3 is 26.0 Å². The smallest absolute Gasteiger partial charge is 0.177 e. The number of hydrogen-bond donors (Lipinski definition) is 5. The van der Waals surface area contributed by atoms with Crippen molar-refractivity contribution in [3.05, 3.63) is 0 Å². The van der Waals surface area contributed by atoms with Gasteiger partial charge in [-0.15, -0.1) is 0 Å². The van der Waals surface area contributed by atoms with Crippen molar-refractivity contribution in [1.82, 2.24) is 15.5 Å². The molecule has 0 aliphatic carbocycles. The van der Waals surface area contributed by atoms with Crippen LogP contribution >= 0.6 is 16.4 Å². The van der Waals surface area contributed by atoms with Gasteiger partial charge in [-0.2, -0.15) is 0 Å². The zero-order valence-electron chi connectivity index (χ0n) is 14.8. The molecule has 0 radical (unpaired) electrons. The average molecular weight is 371 g/mol. The second-order valence-electron chi connectivity index (χ2n) is 5.57. The second kappa shape index (κ2) is 18.6. The molecule has 0 spiro atoms. The topological polar surface area (TPSA) is 105 Å². The lowest BCUT2D eigenvalue weighted by molar-refractivity contribution is 0.124. The van der Waals surface area contributed by atoms with E-state index in [4.69, 9.17) is 10.2 Å². The Bertz CT molecular complexity index is 244. The van der Waals surface area contributed by atoms with Crippen LogP contribution < -0.4 is 10.6 Å². The molecule has 4 unspecified atom stereocenters. The zero-order valence-corrected chi connectivity index (χ0v) is 16.7. The number of rotatable bonds is 13. The predicted octanol–water partition coefficient (Wildman–Crippen LogP) is 0.111. The van der Waals surface area contributed by atoms with Crippen LogP contribution in [0.3, 0.4) is 0 Å². The summed E-state index contributed by atoms with van der Waals surface area (Å²) >= 11 is 0. The molecular formula is C14H35N3O4P2. The summed E-state index contributed by atoms with van der Waals surface area (Å²) in [5.41, 5.74) is 0. The molecule has 0 saturated carbocycles. The molecule has 140 valence electrons. The molecule has 0 bridgehead atoms. The van der Waals surface area contributed by atoms with Gasteiger partial charge in [0.1, 0.15) is 0 Å². The van der Waals surface area contributed by atoms with Crippen LogP contribution in [-0.4, -0.2) is 91.0 Å². The quantitative estimate of drug-likeness (QED) is 0.231. The SMILES string of the molecule is CC(O)CNCCN(CCNCC(C)O)CC(C)O.CPP=O. The lowest BCUT2D eigenvalue weighted by Crippen LogP contribution is -2.42. The summed E-state index contributed by atoms with van der Waals surface area (Å²) in [6, 6.07) is 0. The Balaban J connectivity index is 0. The molecule has 4 atom stereocenters. The molecule has 0 aromatic rings. The van der Waals surface area contributed by atoms with E-state index in [0.29, 0.717) is 27.9 Å². The van der Waals surface area contributed by atoms with Crippen LogP contribution in [0.4, 0.5) is 0 Å². The highest BCUT2D eigenvalue weighted by Crippen LogP contribution is 2.19. The van der Waals surface area contributed by atoms with Crippen LogP contribution in [0.1, 0.15) is 20.8 Å². The Labute approximate surface area is 144 Å². The Kier molecular flexibility index (Phi) is 20.7. The van der Waals surface area contributed by atoms with Crippen LogP contribution in [0.2, 0.25) is 0 Å². The lowest BCUT2D eigenvalue weighted by Gasteiger charge is -2.24. The molecule has 0 heterocycles. The van der Waals surface area contributed by atoms with E-state index in [-0.39, 0.29) is 26.5 Å². The van der Waals surface area contributed by atoms with Gasteiger partial charge in [-0.1, -0.05) is 0 Å². The van der Waals surface area contributed by atoms with E-state index in [1.54, 1.807) is 20.8 Å². The highest BCUT2D eigenvalue weighted by Gasteiger charge is 2.08. The number of hydrogen-bond acceptors (Lipinski definition) is 7. The average Bonchev–Trinajstić information content (AvgIpc) is 2.47. The molecule has 0 saturated heterocycles. The lowest BCUT2D eigenvalue weighted by atomic mass is 10.3. The molecule has 0 fully saturated rings. The molecule has 5 N–H and O–H groups in total.